The fourth-order valence-electron chi connectivity index (χ4n) is 1.79. The highest BCUT2D eigenvalue weighted by Gasteiger charge is 2.50. The summed E-state index contributed by atoms with van der Waals surface area (Å²) in [6.07, 6.45) is 1.26. The van der Waals surface area contributed by atoms with Gasteiger partial charge in [-0.1, -0.05) is 36.7 Å². The van der Waals surface area contributed by atoms with Crippen LogP contribution in [0.25, 0.3) is 6.08 Å². The summed E-state index contributed by atoms with van der Waals surface area (Å²) in [4.78, 5) is 24.4. The molecule has 1 saturated heterocycles. The summed E-state index contributed by atoms with van der Waals surface area (Å²) in [5.41, 5.74) is -0.505. The summed E-state index contributed by atoms with van der Waals surface area (Å²) < 4.78 is 11.3. The summed E-state index contributed by atoms with van der Waals surface area (Å²) in [5, 5.41) is 9.80. The minimum absolute atomic E-state index is 0.0551. The van der Waals surface area contributed by atoms with Gasteiger partial charge >= 0.3 is 11.9 Å². The van der Waals surface area contributed by atoms with E-state index < -0.39 is 23.1 Å². The monoisotopic (exact) mass is 368 g/mol. The van der Waals surface area contributed by atoms with Crippen molar-refractivity contribution in [3.05, 3.63) is 33.8 Å². The first-order valence-electron chi connectivity index (χ1n) is 6.70. The normalized spacial score (nSPS) is 22.1. The van der Waals surface area contributed by atoms with E-state index in [-0.39, 0.29) is 11.3 Å². The van der Waals surface area contributed by atoms with Gasteiger partial charge in [-0.3, -0.25) is 0 Å². The highest BCUT2D eigenvalue weighted by molar-refractivity contribution is 9.10. The lowest BCUT2D eigenvalue weighted by atomic mass is 9.85. The number of cyclic esters (lactones) is 2. The Bertz CT molecular complexity index is 650. The number of rotatable bonds is 1. The van der Waals surface area contributed by atoms with E-state index >= 15 is 0 Å². The van der Waals surface area contributed by atoms with Gasteiger partial charge in [-0.15, -0.1) is 0 Å². The number of carbonyl (C=O) groups excluding carboxylic acids is 2. The first kappa shape index (κ1) is 16.5. The molecule has 5 nitrogen and oxygen atoms in total. The maximum Gasteiger partial charge on any atom is 0.348 e. The minimum atomic E-state index is -1.34. The Morgan fingerprint density at radius 1 is 1.18 bits per heavy atom. The fraction of sp³-hybridized carbons (Fsp3) is 0.375. The Labute approximate surface area is 137 Å². The molecule has 1 N–H and O–H groups in total. The van der Waals surface area contributed by atoms with E-state index in [0.29, 0.717) is 10.0 Å². The van der Waals surface area contributed by atoms with E-state index in [2.05, 4.69) is 15.9 Å². The van der Waals surface area contributed by atoms with Gasteiger partial charge in [-0.25, -0.2) is 9.59 Å². The minimum Gasteiger partial charge on any atom is -0.507 e. The summed E-state index contributed by atoms with van der Waals surface area (Å²) in [7, 11) is 0. The molecule has 0 radical (unpaired) electrons. The molecule has 0 aromatic heterocycles. The van der Waals surface area contributed by atoms with E-state index in [0.717, 1.165) is 0 Å². The SMILES string of the molecule is CC(C)(C)C1(C)OC(=O)C(=Cc2cc(Br)ccc2O)C(=O)O1. The van der Waals surface area contributed by atoms with Crippen molar-refractivity contribution in [1.82, 2.24) is 0 Å². The van der Waals surface area contributed by atoms with Gasteiger partial charge in [0.05, 0.1) is 0 Å². The third kappa shape index (κ3) is 3.02. The molecule has 118 valence electrons. The van der Waals surface area contributed by atoms with Gasteiger partial charge in [-0.05, 0) is 24.3 Å². The van der Waals surface area contributed by atoms with Crippen molar-refractivity contribution >= 4 is 33.9 Å². The first-order valence-corrected chi connectivity index (χ1v) is 7.50. The van der Waals surface area contributed by atoms with Crippen LogP contribution < -0.4 is 0 Å². The van der Waals surface area contributed by atoms with Crippen molar-refractivity contribution < 1.29 is 24.2 Å². The zero-order valence-electron chi connectivity index (χ0n) is 12.8. The molecule has 0 aliphatic carbocycles. The van der Waals surface area contributed by atoms with Crippen LogP contribution in [0.4, 0.5) is 0 Å². The van der Waals surface area contributed by atoms with E-state index in [4.69, 9.17) is 9.47 Å². The quantitative estimate of drug-likeness (QED) is 0.467. The summed E-state index contributed by atoms with van der Waals surface area (Å²) in [6.45, 7) is 6.98. The lowest BCUT2D eigenvalue weighted by Crippen LogP contribution is -2.52. The average molecular weight is 369 g/mol. The van der Waals surface area contributed by atoms with Gasteiger partial charge in [0.1, 0.15) is 11.3 Å². The number of phenolic OH excluding ortho intramolecular Hbond substituents is 1. The molecule has 1 aromatic rings. The molecule has 22 heavy (non-hydrogen) atoms. The molecule has 1 heterocycles. The Morgan fingerprint density at radius 2 is 1.73 bits per heavy atom. The number of ether oxygens (including phenoxy) is 2. The first-order chi connectivity index (χ1) is 10.0. The highest BCUT2D eigenvalue weighted by Crippen LogP contribution is 2.39. The standard InChI is InChI=1S/C16H17BrO5/c1-15(2,3)16(4)21-13(19)11(14(20)22-16)8-9-7-10(17)5-6-12(9)18/h5-8,18H,1-4H3. The van der Waals surface area contributed by atoms with E-state index in [9.17, 15) is 14.7 Å². The highest BCUT2D eigenvalue weighted by atomic mass is 79.9. The molecule has 0 bridgehead atoms. The number of halogens is 1. The Morgan fingerprint density at radius 3 is 2.23 bits per heavy atom. The maximum absolute atomic E-state index is 12.2. The van der Waals surface area contributed by atoms with Crippen LogP contribution in [0.3, 0.4) is 0 Å². The second-order valence-corrected chi connectivity index (χ2v) is 7.15. The molecule has 0 saturated carbocycles. The molecule has 0 atom stereocenters. The number of benzene rings is 1. The number of phenols is 1. The van der Waals surface area contributed by atoms with Crippen LogP contribution in [0.5, 0.6) is 5.75 Å². The van der Waals surface area contributed by atoms with Crippen LogP contribution in [-0.4, -0.2) is 22.8 Å². The Balaban J connectivity index is 2.39. The van der Waals surface area contributed by atoms with Crippen molar-refractivity contribution in [2.24, 2.45) is 5.41 Å². The van der Waals surface area contributed by atoms with Crippen LogP contribution in [0.1, 0.15) is 33.3 Å². The van der Waals surface area contributed by atoms with Gasteiger partial charge in [0.15, 0.2) is 0 Å². The topological polar surface area (TPSA) is 72.8 Å². The predicted octanol–water partition coefficient (Wildman–Crippen LogP) is 3.40. The fourth-order valence-corrected chi connectivity index (χ4v) is 2.17. The Hall–Kier alpha value is -1.82. The molecule has 1 aliphatic rings. The second kappa shape index (κ2) is 5.43. The number of carbonyl (C=O) groups is 2. The second-order valence-electron chi connectivity index (χ2n) is 6.24. The number of hydrogen-bond donors (Lipinski definition) is 1. The molecular weight excluding hydrogens is 352 g/mol. The molecule has 1 fully saturated rings. The van der Waals surface area contributed by atoms with Crippen LogP contribution >= 0.6 is 15.9 Å². The zero-order valence-corrected chi connectivity index (χ0v) is 14.4. The molecule has 6 heteroatoms. The van der Waals surface area contributed by atoms with Gasteiger partial charge in [0.2, 0.25) is 0 Å². The largest absolute Gasteiger partial charge is 0.507 e. The maximum atomic E-state index is 12.2. The predicted molar refractivity (Wildman–Crippen MR) is 83.8 cm³/mol. The van der Waals surface area contributed by atoms with E-state index in [1.807, 2.05) is 20.8 Å². The molecule has 1 aliphatic heterocycles. The number of esters is 2. The van der Waals surface area contributed by atoms with Crippen LogP contribution in [-0.2, 0) is 19.1 Å². The number of aromatic hydroxyl groups is 1. The van der Waals surface area contributed by atoms with E-state index in [1.165, 1.54) is 12.1 Å². The summed E-state index contributed by atoms with van der Waals surface area (Å²) in [6, 6.07) is 4.68. The van der Waals surface area contributed by atoms with Crippen LogP contribution in [0.15, 0.2) is 28.2 Å². The average Bonchev–Trinajstić information content (AvgIpc) is 2.36. The van der Waals surface area contributed by atoms with Crippen molar-refractivity contribution in [3.8, 4) is 5.75 Å². The van der Waals surface area contributed by atoms with Crippen LogP contribution in [0, 0.1) is 5.41 Å². The molecular formula is C16H17BrO5. The van der Waals surface area contributed by atoms with Crippen molar-refractivity contribution in [3.63, 3.8) is 0 Å². The molecule has 1 aromatic carbocycles. The van der Waals surface area contributed by atoms with E-state index in [1.54, 1.807) is 19.1 Å². The summed E-state index contributed by atoms with van der Waals surface area (Å²) in [5.74, 6) is -2.93. The van der Waals surface area contributed by atoms with Gasteiger partial charge < -0.3 is 14.6 Å². The third-order valence-corrected chi connectivity index (χ3v) is 4.16. The smallest absolute Gasteiger partial charge is 0.348 e. The summed E-state index contributed by atoms with van der Waals surface area (Å²) >= 11 is 3.26. The molecule has 0 spiro atoms. The van der Waals surface area contributed by atoms with Gasteiger partial charge in [-0.2, -0.15) is 0 Å². The van der Waals surface area contributed by atoms with Crippen molar-refractivity contribution in [1.29, 1.82) is 0 Å². The molecule has 2 rings (SSSR count). The number of hydrogen-bond acceptors (Lipinski definition) is 5. The van der Waals surface area contributed by atoms with Crippen LogP contribution in [0.2, 0.25) is 0 Å². The van der Waals surface area contributed by atoms with Crippen molar-refractivity contribution in [2.75, 3.05) is 0 Å². The zero-order chi connectivity index (χ0) is 16.7. The molecule has 0 unspecified atom stereocenters. The van der Waals surface area contributed by atoms with Crippen molar-refractivity contribution in [2.45, 2.75) is 33.5 Å². The molecule has 0 amide bonds. The van der Waals surface area contributed by atoms with Gasteiger partial charge in [0, 0.05) is 22.4 Å². The third-order valence-electron chi connectivity index (χ3n) is 3.67. The lowest BCUT2D eigenvalue weighted by Gasteiger charge is -2.42. The lowest BCUT2D eigenvalue weighted by molar-refractivity contribution is -0.261. The van der Waals surface area contributed by atoms with Gasteiger partial charge in [0.25, 0.3) is 5.79 Å². The Kier molecular flexibility index (Phi) is 4.08.